The van der Waals surface area contributed by atoms with Crippen LogP contribution >= 0.6 is 11.6 Å². The van der Waals surface area contributed by atoms with E-state index in [1.807, 2.05) is 38.1 Å². The second-order valence-corrected chi connectivity index (χ2v) is 5.18. The summed E-state index contributed by atoms with van der Waals surface area (Å²) in [5.74, 6) is 1.89. The van der Waals surface area contributed by atoms with Crippen molar-refractivity contribution in [2.75, 3.05) is 11.2 Å². The van der Waals surface area contributed by atoms with Gasteiger partial charge in [-0.2, -0.15) is 0 Å². The Balaban J connectivity index is 2.15. The molecule has 0 saturated heterocycles. The van der Waals surface area contributed by atoms with Crippen LogP contribution in [0.5, 0.6) is 0 Å². The fraction of sp³-hybridized carbons (Fsp3) is 0.312. The van der Waals surface area contributed by atoms with E-state index in [9.17, 15) is 4.79 Å². The highest BCUT2D eigenvalue weighted by Crippen LogP contribution is 2.22. The third-order valence-electron chi connectivity index (χ3n) is 3.38. The maximum absolute atomic E-state index is 12.3. The molecule has 0 unspecified atom stereocenters. The maximum atomic E-state index is 12.3. The van der Waals surface area contributed by atoms with Crippen molar-refractivity contribution in [1.29, 1.82) is 0 Å². The summed E-state index contributed by atoms with van der Waals surface area (Å²) in [5.41, 5.74) is 3.43. The van der Waals surface area contributed by atoms with Gasteiger partial charge >= 0.3 is 0 Å². The summed E-state index contributed by atoms with van der Waals surface area (Å²) < 4.78 is 5.48. The number of carbonyl (C=O) groups excluding carboxylic acids is 1. The molecule has 0 aliphatic rings. The highest BCUT2D eigenvalue weighted by molar-refractivity contribution is 6.18. The Morgan fingerprint density at radius 1 is 1.15 bits per heavy atom. The monoisotopic (exact) mass is 291 g/mol. The first kappa shape index (κ1) is 14.7. The summed E-state index contributed by atoms with van der Waals surface area (Å²) >= 11 is 5.70. The van der Waals surface area contributed by atoms with E-state index in [0.717, 1.165) is 29.0 Å². The van der Waals surface area contributed by atoms with Gasteiger partial charge in [0.05, 0.1) is 5.56 Å². The van der Waals surface area contributed by atoms with Crippen LogP contribution in [0.1, 0.15) is 33.0 Å². The SMILES string of the molecule is Cc1oc(C)c(C(=O)Nc2ccc(CCCl)cc2)c1C. The van der Waals surface area contributed by atoms with Crippen LogP contribution in [0, 0.1) is 20.8 Å². The lowest BCUT2D eigenvalue weighted by Crippen LogP contribution is -2.13. The van der Waals surface area contributed by atoms with Crippen molar-refractivity contribution < 1.29 is 9.21 Å². The lowest BCUT2D eigenvalue weighted by atomic mass is 10.1. The van der Waals surface area contributed by atoms with Crippen LogP contribution in [0.25, 0.3) is 0 Å². The van der Waals surface area contributed by atoms with E-state index in [4.69, 9.17) is 16.0 Å². The van der Waals surface area contributed by atoms with Crippen LogP contribution in [-0.2, 0) is 6.42 Å². The average molecular weight is 292 g/mol. The molecule has 0 bridgehead atoms. The summed E-state index contributed by atoms with van der Waals surface area (Å²) in [6, 6.07) is 7.71. The van der Waals surface area contributed by atoms with E-state index < -0.39 is 0 Å². The Morgan fingerprint density at radius 2 is 1.80 bits per heavy atom. The minimum absolute atomic E-state index is 0.137. The van der Waals surface area contributed by atoms with Gasteiger partial charge in [0, 0.05) is 17.1 Å². The molecule has 1 N–H and O–H groups in total. The zero-order valence-electron chi connectivity index (χ0n) is 11.9. The Morgan fingerprint density at radius 3 is 2.30 bits per heavy atom. The molecule has 106 valence electrons. The van der Waals surface area contributed by atoms with Gasteiger partial charge < -0.3 is 9.73 Å². The van der Waals surface area contributed by atoms with Gasteiger partial charge in [0.25, 0.3) is 5.91 Å². The largest absolute Gasteiger partial charge is 0.466 e. The Labute approximate surface area is 123 Å². The lowest BCUT2D eigenvalue weighted by Gasteiger charge is -2.06. The van der Waals surface area contributed by atoms with Gasteiger partial charge in [0.1, 0.15) is 11.5 Å². The number of hydrogen-bond donors (Lipinski definition) is 1. The molecule has 3 nitrogen and oxygen atoms in total. The van der Waals surface area contributed by atoms with Crippen LogP contribution < -0.4 is 5.32 Å². The number of carbonyl (C=O) groups is 1. The molecule has 2 rings (SSSR count). The van der Waals surface area contributed by atoms with E-state index in [-0.39, 0.29) is 5.91 Å². The summed E-state index contributed by atoms with van der Waals surface area (Å²) in [6.45, 7) is 5.56. The minimum Gasteiger partial charge on any atom is -0.466 e. The topological polar surface area (TPSA) is 42.2 Å². The first-order valence-corrected chi connectivity index (χ1v) is 7.09. The van der Waals surface area contributed by atoms with Crippen molar-refractivity contribution in [2.24, 2.45) is 0 Å². The molecular formula is C16H18ClNO2. The van der Waals surface area contributed by atoms with E-state index in [1.165, 1.54) is 0 Å². The Kier molecular flexibility index (Phi) is 4.50. The van der Waals surface area contributed by atoms with Gasteiger partial charge in [-0.15, -0.1) is 11.6 Å². The van der Waals surface area contributed by atoms with Crippen LogP contribution in [-0.4, -0.2) is 11.8 Å². The first-order valence-electron chi connectivity index (χ1n) is 6.55. The molecule has 0 radical (unpaired) electrons. The third-order valence-corrected chi connectivity index (χ3v) is 3.57. The third kappa shape index (κ3) is 3.05. The summed E-state index contributed by atoms with van der Waals surface area (Å²) in [5, 5.41) is 2.89. The number of aryl methyl sites for hydroxylation is 3. The maximum Gasteiger partial charge on any atom is 0.259 e. The normalized spacial score (nSPS) is 10.6. The highest BCUT2D eigenvalue weighted by atomic mass is 35.5. The van der Waals surface area contributed by atoms with Crippen molar-refractivity contribution in [2.45, 2.75) is 27.2 Å². The number of hydrogen-bond acceptors (Lipinski definition) is 2. The number of furan rings is 1. The van der Waals surface area contributed by atoms with Crippen LogP contribution in [0.2, 0.25) is 0 Å². The van der Waals surface area contributed by atoms with E-state index >= 15 is 0 Å². The average Bonchev–Trinajstić information content (AvgIpc) is 2.66. The van der Waals surface area contributed by atoms with Crippen molar-refractivity contribution >= 4 is 23.2 Å². The quantitative estimate of drug-likeness (QED) is 0.856. The molecule has 4 heteroatoms. The van der Waals surface area contributed by atoms with Gasteiger partial charge in [-0.3, -0.25) is 4.79 Å². The Bertz CT molecular complexity index is 614. The molecule has 0 aliphatic heterocycles. The molecule has 1 amide bonds. The number of benzene rings is 1. The van der Waals surface area contributed by atoms with Crippen molar-refractivity contribution in [3.8, 4) is 0 Å². The molecule has 0 spiro atoms. The smallest absolute Gasteiger partial charge is 0.259 e. The second kappa shape index (κ2) is 6.14. The van der Waals surface area contributed by atoms with Crippen LogP contribution in [0.15, 0.2) is 28.7 Å². The first-order chi connectivity index (χ1) is 9.52. The fourth-order valence-electron chi connectivity index (χ4n) is 2.18. The molecule has 2 aromatic rings. The van der Waals surface area contributed by atoms with Gasteiger partial charge in [-0.1, -0.05) is 12.1 Å². The summed E-state index contributed by atoms with van der Waals surface area (Å²) in [4.78, 5) is 12.3. The van der Waals surface area contributed by atoms with Gasteiger partial charge in [-0.25, -0.2) is 0 Å². The number of nitrogens with one attached hydrogen (secondary N) is 1. The van der Waals surface area contributed by atoms with E-state index in [1.54, 1.807) is 6.92 Å². The van der Waals surface area contributed by atoms with Gasteiger partial charge in [-0.05, 0) is 44.9 Å². The van der Waals surface area contributed by atoms with Crippen molar-refractivity contribution in [1.82, 2.24) is 0 Å². The number of alkyl halides is 1. The van der Waals surface area contributed by atoms with Crippen LogP contribution in [0.3, 0.4) is 0 Å². The molecule has 0 fully saturated rings. The number of rotatable bonds is 4. The van der Waals surface area contributed by atoms with Gasteiger partial charge in [0.2, 0.25) is 0 Å². The number of anilines is 1. The molecular weight excluding hydrogens is 274 g/mol. The Hall–Kier alpha value is -1.74. The number of halogens is 1. The standard InChI is InChI=1S/C16H18ClNO2/c1-10-11(2)20-12(3)15(10)16(19)18-14-6-4-13(5-7-14)8-9-17/h4-7H,8-9H2,1-3H3,(H,18,19). The molecule has 0 saturated carbocycles. The predicted molar refractivity (Wildman–Crippen MR) is 81.7 cm³/mol. The minimum atomic E-state index is -0.137. The molecule has 0 atom stereocenters. The van der Waals surface area contributed by atoms with E-state index in [2.05, 4.69) is 5.32 Å². The summed E-state index contributed by atoms with van der Waals surface area (Å²) in [6.07, 6.45) is 0.828. The van der Waals surface area contributed by atoms with E-state index in [0.29, 0.717) is 17.2 Å². The fourth-order valence-corrected chi connectivity index (χ4v) is 2.40. The predicted octanol–water partition coefficient (Wildman–Crippen LogP) is 4.24. The highest BCUT2D eigenvalue weighted by Gasteiger charge is 2.18. The van der Waals surface area contributed by atoms with Crippen molar-refractivity contribution in [3.63, 3.8) is 0 Å². The molecule has 0 aliphatic carbocycles. The molecule has 20 heavy (non-hydrogen) atoms. The lowest BCUT2D eigenvalue weighted by molar-refractivity contribution is 0.102. The molecule has 1 heterocycles. The second-order valence-electron chi connectivity index (χ2n) is 4.80. The molecule has 1 aromatic heterocycles. The zero-order valence-corrected chi connectivity index (χ0v) is 12.7. The van der Waals surface area contributed by atoms with Gasteiger partial charge in [0.15, 0.2) is 0 Å². The van der Waals surface area contributed by atoms with Crippen molar-refractivity contribution in [3.05, 3.63) is 52.5 Å². The summed E-state index contributed by atoms with van der Waals surface area (Å²) in [7, 11) is 0. The number of amides is 1. The van der Waals surface area contributed by atoms with Crippen LogP contribution in [0.4, 0.5) is 5.69 Å². The molecule has 1 aromatic carbocycles. The zero-order chi connectivity index (χ0) is 14.7.